The zero-order chi connectivity index (χ0) is 17.6. The number of pyridine rings is 1. The smallest absolute Gasteiger partial charge is 0.334 e. The Balaban J connectivity index is 2.72. The van der Waals surface area contributed by atoms with E-state index in [1.54, 1.807) is 6.92 Å². The number of aromatic nitrogens is 1. The Bertz CT molecular complexity index is 582. The van der Waals surface area contributed by atoms with Crippen molar-refractivity contribution in [2.45, 2.75) is 33.0 Å². The molecule has 0 bridgehead atoms. The monoisotopic (exact) mass is 334 g/mol. The highest BCUT2D eigenvalue weighted by Gasteiger charge is 2.31. The van der Waals surface area contributed by atoms with Gasteiger partial charge in [-0.05, 0) is 26.1 Å². The van der Waals surface area contributed by atoms with Crippen LogP contribution in [0.25, 0.3) is 0 Å². The lowest BCUT2D eigenvalue weighted by Crippen LogP contribution is -2.44. The number of nitrogens with zero attached hydrogens (tertiary/aromatic N) is 1. The highest BCUT2D eigenvalue weighted by Crippen LogP contribution is 2.29. The number of anilines is 1. The molecule has 0 aliphatic carbocycles. The first-order valence-corrected chi connectivity index (χ1v) is 7.27. The van der Waals surface area contributed by atoms with Crippen molar-refractivity contribution in [2.75, 3.05) is 25.0 Å². The molecule has 1 rings (SSSR count). The summed E-state index contributed by atoms with van der Waals surface area (Å²) < 4.78 is 37.8. The fourth-order valence-electron chi connectivity index (χ4n) is 2.04. The van der Waals surface area contributed by atoms with Crippen molar-refractivity contribution in [3.63, 3.8) is 0 Å². The lowest BCUT2D eigenvalue weighted by molar-refractivity contribution is -0.137. The van der Waals surface area contributed by atoms with Crippen molar-refractivity contribution in [2.24, 2.45) is 0 Å². The molecule has 9 heteroatoms. The van der Waals surface area contributed by atoms with Crippen LogP contribution in [0.4, 0.5) is 23.7 Å². The Morgan fingerprint density at radius 1 is 1.35 bits per heavy atom. The van der Waals surface area contributed by atoms with Crippen LogP contribution < -0.4 is 16.2 Å². The van der Waals surface area contributed by atoms with Gasteiger partial charge in [-0.15, -0.1) is 0 Å². The standard InChI is InChI=1S/C14H21F3N4O2/c1-4-21(5-2)8-9(3)19-13(23)20-11-6-10(14(15,16)17)7-18-12(11)22/h6-7,9H,4-5,8H2,1-3H3,(H,18,22)(H2,19,20,23)/t9-/m1/s1. The molecule has 0 spiro atoms. The number of carbonyl (C=O) groups excluding carboxylic acids is 1. The fraction of sp³-hybridized carbons (Fsp3) is 0.571. The van der Waals surface area contributed by atoms with Crippen molar-refractivity contribution in [1.29, 1.82) is 0 Å². The fourth-order valence-corrected chi connectivity index (χ4v) is 2.04. The summed E-state index contributed by atoms with van der Waals surface area (Å²) in [4.78, 5) is 27.4. The van der Waals surface area contributed by atoms with Crippen LogP contribution in [0.2, 0.25) is 0 Å². The van der Waals surface area contributed by atoms with Crippen molar-refractivity contribution >= 4 is 11.7 Å². The largest absolute Gasteiger partial charge is 0.417 e. The lowest BCUT2D eigenvalue weighted by atomic mass is 10.2. The topological polar surface area (TPSA) is 77.2 Å². The third-order valence-corrected chi connectivity index (χ3v) is 3.28. The SMILES string of the molecule is CCN(CC)C[C@@H](C)NC(=O)Nc1cc(C(F)(F)F)c[nH]c1=O. The maximum absolute atomic E-state index is 12.6. The highest BCUT2D eigenvalue weighted by atomic mass is 19.4. The number of hydrogen-bond acceptors (Lipinski definition) is 3. The first-order chi connectivity index (χ1) is 10.7. The summed E-state index contributed by atoms with van der Waals surface area (Å²) in [6.07, 6.45) is -4.04. The number of halogens is 3. The summed E-state index contributed by atoms with van der Waals surface area (Å²) in [5.74, 6) is 0. The molecule has 0 fully saturated rings. The molecule has 1 atom stereocenters. The molecule has 2 amide bonds. The molecule has 3 N–H and O–H groups in total. The summed E-state index contributed by atoms with van der Waals surface area (Å²) >= 11 is 0. The van der Waals surface area contributed by atoms with E-state index in [1.165, 1.54) is 0 Å². The number of rotatable bonds is 6. The molecule has 0 saturated heterocycles. The molecule has 23 heavy (non-hydrogen) atoms. The number of H-pyrrole nitrogens is 1. The molecule has 1 heterocycles. The van der Waals surface area contributed by atoms with Gasteiger partial charge in [0.05, 0.1) is 5.56 Å². The second-order valence-electron chi connectivity index (χ2n) is 5.11. The maximum atomic E-state index is 12.6. The zero-order valence-electron chi connectivity index (χ0n) is 13.3. The van der Waals surface area contributed by atoms with Gasteiger partial charge in [0.1, 0.15) is 5.69 Å². The van der Waals surface area contributed by atoms with E-state index >= 15 is 0 Å². The molecule has 0 unspecified atom stereocenters. The number of aromatic amines is 1. The van der Waals surface area contributed by atoms with E-state index in [2.05, 4.69) is 15.5 Å². The molecule has 0 aliphatic heterocycles. The van der Waals surface area contributed by atoms with Crippen molar-refractivity contribution in [3.05, 3.63) is 28.2 Å². The quantitative estimate of drug-likeness (QED) is 0.747. The lowest BCUT2D eigenvalue weighted by Gasteiger charge is -2.23. The van der Waals surface area contributed by atoms with Gasteiger partial charge < -0.3 is 20.5 Å². The number of amides is 2. The second kappa shape index (κ2) is 8.00. The molecule has 130 valence electrons. The van der Waals surface area contributed by atoms with E-state index < -0.39 is 29.0 Å². The van der Waals surface area contributed by atoms with E-state index in [1.807, 2.05) is 18.8 Å². The van der Waals surface area contributed by atoms with Crippen LogP contribution in [-0.2, 0) is 6.18 Å². The third kappa shape index (κ3) is 5.93. The Labute approximate surface area is 132 Å². The van der Waals surface area contributed by atoms with Crippen LogP contribution in [0, 0.1) is 0 Å². The Morgan fingerprint density at radius 3 is 2.48 bits per heavy atom. The van der Waals surface area contributed by atoms with Crippen molar-refractivity contribution in [1.82, 2.24) is 15.2 Å². The Hall–Kier alpha value is -2.03. The zero-order valence-corrected chi connectivity index (χ0v) is 13.3. The van der Waals surface area contributed by atoms with Crippen LogP contribution in [0.5, 0.6) is 0 Å². The maximum Gasteiger partial charge on any atom is 0.417 e. The summed E-state index contributed by atoms with van der Waals surface area (Å²) in [5.41, 5.74) is -2.29. The van der Waals surface area contributed by atoms with Gasteiger partial charge in [0, 0.05) is 18.8 Å². The van der Waals surface area contributed by atoms with Crippen LogP contribution in [-0.4, -0.2) is 41.6 Å². The number of carbonyl (C=O) groups is 1. The van der Waals surface area contributed by atoms with Crippen LogP contribution in [0.3, 0.4) is 0 Å². The summed E-state index contributed by atoms with van der Waals surface area (Å²) in [6.45, 7) is 7.97. The van der Waals surface area contributed by atoms with E-state index in [0.29, 0.717) is 18.8 Å². The minimum absolute atomic E-state index is 0.222. The molecular weight excluding hydrogens is 313 g/mol. The number of urea groups is 1. The van der Waals surface area contributed by atoms with Crippen LogP contribution in [0.1, 0.15) is 26.3 Å². The van der Waals surface area contributed by atoms with Gasteiger partial charge in [-0.1, -0.05) is 13.8 Å². The summed E-state index contributed by atoms with van der Waals surface area (Å²) in [6, 6.07) is -0.345. The Kier molecular flexibility index (Phi) is 6.62. The predicted octanol–water partition coefficient (Wildman–Crippen LogP) is 2.25. The first kappa shape index (κ1) is 19.0. The second-order valence-corrected chi connectivity index (χ2v) is 5.11. The van der Waals surface area contributed by atoms with Crippen LogP contribution in [0.15, 0.2) is 17.1 Å². The summed E-state index contributed by atoms with van der Waals surface area (Å²) in [5, 5.41) is 4.74. The molecule has 1 aromatic rings. The number of hydrogen-bond donors (Lipinski definition) is 3. The minimum atomic E-state index is -4.60. The van der Waals surface area contributed by atoms with Crippen molar-refractivity contribution < 1.29 is 18.0 Å². The molecule has 0 aliphatic rings. The van der Waals surface area contributed by atoms with E-state index in [9.17, 15) is 22.8 Å². The van der Waals surface area contributed by atoms with Gasteiger partial charge in [0.25, 0.3) is 5.56 Å². The van der Waals surface area contributed by atoms with E-state index in [4.69, 9.17) is 0 Å². The Morgan fingerprint density at radius 2 is 1.96 bits per heavy atom. The van der Waals surface area contributed by atoms with Gasteiger partial charge >= 0.3 is 12.2 Å². The average molecular weight is 334 g/mol. The molecule has 0 aromatic carbocycles. The first-order valence-electron chi connectivity index (χ1n) is 7.27. The van der Waals surface area contributed by atoms with Gasteiger partial charge in [0.15, 0.2) is 0 Å². The minimum Gasteiger partial charge on any atom is -0.334 e. The van der Waals surface area contributed by atoms with E-state index in [-0.39, 0.29) is 6.04 Å². The molecule has 0 saturated carbocycles. The van der Waals surface area contributed by atoms with Gasteiger partial charge in [-0.2, -0.15) is 13.2 Å². The summed E-state index contributed by atoms with van der Waals surface area (Å²) in [7, 11) is 0. The number of likely N-dealkylation sites (N-methyl/N-ethyl adjacent to an activating group) is 1. The molecule has 6 nitrogen and oxygen atoms in total. The number of alkyl halides is 3. The predicted molar refractivity (Wildman–Crippen MR) is 81.5 cm³/mol. The normalized spacial score (nSPS) is 13.0. The highest BCUT2D eigenvalue weighted by molar-refractivity contribution is 5.89. The number of nitrogens with one attached hydrogen (secondary N) is 3. The molecule has 1 aromatic heterocycles. The molecule has 0 radical (unpaired) electrons. The van der Waals surface area contributed by atoms with Crippen molar-refractivity contribution in [3.8, 4) is 0 Å². The van der Waals surface area contributed by atoms with Crippen LogP contribution >= 0.6 is 0 Å². The van der Waals surface area contributed by atoms with Gasteiger partial charge in [-0.3, -0.25) is 4.79 Å². The van der Waals surface area contributed by atoms with E-state index in [0.717, 1.165) is 13.1 Å². The third-order valence-electron chi connectivity index (χ3n) is 3.28. The van der Waals surface area contributed by atoms with Gasteiger partial charge in [-0.25, -0.2) is 4.79 Å². The average Bonchev–Trinajstić information content (AvgIpc) is 2.45. The van der Waals surface area contributed by atoms with Gasteiger partial charge in [0.2, 0.25) is 0 Å². The molecular formula is C14H21F3N4O2.